The first kappa shape index (κ1) is 89.2. The molecule has 0 unspecified atom stereocenters. The van der Waals surface area contributed by atoms with Crippen molar-refractivity contribution in [2.75, 3.05) is 31.7 Å². The van der Waals surface area contributed by atoms with Gasteiger partial charge in [0.25, 0.3) is 0 Å². The number of amides is 16. The number of carbonyl (C=O) groups is 16. The van der Waals surface area contributed by atoms with Crippen molar-refractivity contribution in [2.24, 2.45) is 34.6 Å². The highest BCUT2D eigenvalue weighted by atomic mass is 32.2. The van der Waals surface area contributed by atoms with E-state index in [9.17, 15) is 62.6 Å². The lowest BCUT2D eigenvalue weighted by Crippen LogP contribution is -2.65. The summed E-state index contributed by atoms with van der Waals surface area (Å²) in [5, 5.41) is 44.1. The third kappa shape index (κ3) is 27.7. The largest absolute Gasteiger partial charge is 0.497 e. The molecule has 24 N–H and O–H groups in total. The summed E-state index contributed by atoms with van der Waals surface area (Å²) in [4.78, 5) is 226. The number of aliphatic hydroxyl groups excluding tert-OH is 1. The number of nitrogens with two attached hydrogens (primary N) is 5. The Morgan fingerprint density at radius 2 is 1.21 bits per heavy atom. The number of aliphatic hydroxyl groups is 1. The van der Waals surface area contributed by atoms with E-state index in [2.05, 4.69) is 68.8 Å². The number of hydrogen-bond donors (Lipinski definition) is 19. The molecule has 1 aliphatic rings. The summed E-state index contributed by atoms with van der Waals surface area (Å²) in [6, 6.07) is 9.31. The summed E-state index contributed by atoms with van der Waals surface area (Å²) in [6.45, 7) is 6.27. The van der Waals surface area contributed by atoms with Crippen LogP contribution in [0.1, 0.15) is 109 Å². The molecule has 5 aromatic rings. The van der Waals surface area contributed by atoms with Crippen molar-refractivity contribution in [3.63, 3.8) is 0 Å². The molecule has 112 heavy (non-hydrogen) atoms. The summed E-state index contributed by atoms with van der Waals surface area (Å²) in [7, 11) is 1.42. The van der Waals surface area contributed by atoms with Crippen molar-refractivity contribution in [2.45, 2.75) is 184 Å². The van der Waals surface area contributed by atoms with Gasteiger partial charge >= 0.3 is 0 Å². The number of nitrogens with one attached hydrogen (secondary N) is 13. The van der Waals surface area contributed by atoms with Crippen LogP contribution in [0.3, 0.4) is 0 Å². The lowest BCUT2D eigenvalue weighted by Gasteiger charge is -2.34. The number of thioether (sulfide) groups is 1. The van der Waals surface area contributed by atoms with Gasteiger partial charge in [-0.1, -0.05) is 86.6 Å². The molecule has 0 bridgehead atoms. The fourth-order valence-electron chi connectivity index (χ4n) is 12.3. The third-order valence-corrected chi connectivity index (χ3v) is 19.5. The van der Waals surface area contributed by atoms with Crippen molar-refractivity contribution in [1.29, 1.82) is 0 Å². The van der Waals surface area contributed by atoms with Gasteiger partial charge < -0.3 is 107 Å². The molecule has 606 valence electrons. The quantitative estimate of drug-likeness (QED) is 0.0174. The zero-order valence-electron chi connectivity index (χ0n) is 63.2. The topological polar surface area (TPSA) is 593 Å². The summed E-state index contributed by atoms with van der Waals surface area (Å²) in [6.07, 6.45) is -3.61. The minimum Gasteiger partial charge on any atom is -0.497 e. The summed E-state index contributed by atoms with van der Waals surface area (Å²) >= 11 is 0.942. The number of para-hydroxylation sites is 1. The van der Waals surface area contributed by atoms with Crippen molar-refractivity contribution in [3.8, 4) is 5.75 Å². The van der Waals surface area contributed by atoms with Crippen molar-refractivity contribution < 1.29 is 86.6 Å². The predicted octanol–water partition coefficient (Wildman–Crippen LogP) is -3.59. The van der Waals surface area contributed by atoms with Crippen LogP contribution >= 0.6 is 11.8 Å². The molecule has 0 saturated carbocycles. The van der Waals surface area contributed by atoms with Gasteiger partial charge in [-0.15, -0.1) is 0 Å². The first-order valence-electron chi connectivity index (χ1n) is 36.4. The Morgan fingerprint density at radius 1 is 0.625 bits per heavy atom. The van der Waals surface area contributed by atoms with Gasteiger partial charge in [-0.3, -0.25) is 76.7 Å². The Bertz CT molecular complexity index is 4230. The van der Waals surface area contributed by atoms with Crippen LogP contribution < -0.4 is 97.2 Å². The minimum atomic E-state index is -1.94. The molecule has 1 saturated heterocycles. The van der Waals surface area contributed by atoms with E-state index < -0.39 is 217 Å². The van der Waals surface area contributed by atoms with Crippen LogP contribution in [-0.4, -0.2) is 208 Å². The minimum absolute atomic E-state index is 0.121. The third-order valence-electron chi connectivity index (χ3n) is 18.4. The molecule has 4 aromatic carbocycles. The Morgan fingerprint density at radius 3 is 1.83 bits per heavy atom. The molecule has 0 aliphatic carbocycles. The number of primary amides is 4. The van der Waals surface area contributed by atoms with Crippen LogP contribution in [0.5, 0.6) is 5.75 Å². The van der Waals surface area contributed by atoms with Gasteiger partial charge in [-0.25, -0.2) is 0 Å². The van der Waals surface area contributed by atoms with Gasteiger partial charge in [0, 0.05) is 61.9 Å². The van der Waals surface area contributed by atoms with Gasteiger partial charge in [0.05, 0.1) is 26.2 Å². The molecule has 12 atom stereocenters. The maximum absolute atomic E-state index is 15.6. The number of rotatable bonds is 35. The van der Waals surface area contributed by atoms with E-state index in [-0.39, 0.29) is 50.8 Å². The van der Waals surface area contributed by atoms with E-state index in [1.807, 2.05) is 18.2 Å². The number of aromatic amines is 1. The molecular weight excluding hydrogens is 1470 g/mol. The van der Waals surface area contributed by atoms with Crippen LogP contribution in [0.15, 0.2) is 97.2 Å². The smallest absolute Gasteiger partial charge is 0.246 e. The summed E-state index contributed by atoms with van der Waals surface area (Å²) in [5.41, 5.74) is 27.7. The standard InChI is InChI=1S/C75H102N18O18S/c1-39(2)62(72(108)89-56(35-60(79)98)64(100)82-37-61(80)99)92-74(110)75(5,28-11-12-29-76)93-71(107)54(33-43-17-20-44-13-7-8-14-45(44)31-43)87-68(104)53(32-42-18-21-47(111-6)22-19-42)86-70(106)57-38-112-30-27-52(83-41(4)95)66(102)84-51(24-26-59(78)97)67(103)91-63(40(3)94)73(109)88-55(34-46-36-81-49-16-10-9-15-48(46)49)69(105)85-50(65(101)90-57)23-25-58(77)96/h7-10,13-22,31,36,39-40,50-57,62-63,81,94H,11-12,23-30,32-35,37-38,76H2,1-6H3,(H2,77,96)(H2,78,97)(H2,79,98)(H2,80,99)(H,82,100)(H,83,95)(H,84,102)(H,85,105)(H,86,106)(H,87,104)(H,88,109)(H,89,108)(H,90,101)(H,91,103)(H,92,110)(H,93,107)/t40-,50+,51+,52+,53+,54+,55+,56+,57+,62+,63+,75+/m1/s1. The Kier molecular flexibility index (Phi) is 34.3. The van der Waals surface area contributed by atoms with Gasteiger partial charge in [-0.05, 0) is 116 Å². The molecule has 1 fully saturated rings. The number of fused-ring (bicyclic) bond motifs is 2. The normalized spacial score (nSPS) is 19.3. The maximum Gasteiger partial charge on any atom is 0.246 e. The van der Waals surface area contributed by atoms with Crippen LogP contribution in [0.25, 0.3) is 21.7 Å². The van der Waals surface area contributed by atoms with Crippen molar-refractivity contribution in [3.05, 3.63) is 114 Å². The maximum atomic E-state index is 15.6. The van der Waals surface area contributed by atoms with Crippen molar-refractivity contribution >= 4 is 128 Å². The molecule has 6 rings (SSSR count). The second-order valence-electron chi connectivity index (χ2n) is 27.9. The van der Waals surface area contributed by atoms with E-state index in [0.29, 0.717) is 39.8 Å². The second-order valence-corrected chi connectivity index (χ2v) is 29.0. The molecule has 1 aromatic heterocycles. The molecule has 36 nitrogen and oxygen atoms in total. The molecule has 16 amide bonds. The number of benzene rings is 4. The highest BCUT2D eigenvalue weighted by molar-refractivity contribution is 7.99. The van der Waals surface area contributed by atoms with Crippen LogP contribution in [0.2, 0.25) is 0 Å². The van der Waals surface area contributed by atoms with E-state index in [1.165, 1.54) is 14.0 Å². The zero-order chi connectivity index (χ0) is 82.5. The van der Waals surface area contributed by atoms with Gasteiger partial charge in [-0.2, -0.15) is 11.8 Å². The van der Waals surface area contributed by atoms with E-state index in [1.54, 1.807) is 92.8 Å². The number of carbonyl (C=O) groups excluding carboxylic acids is 16. The molecular formula is C75H102N18O18S. The fraction of sp³-hybridized carbons (Fsp3) is 0.467. The lowest BCUT2D eigenvalue weighted by atomic mass is 9.91. The SMILES string of the molecule is COc1ccc(C[C@H](NC(=O)[C@@H]2CSCC[C@H](NC(C)=O)C(=O)N[C@@H](CCC(N)=O)C(=O)N[C@@H]([C@@H](C)O)C(=O)N[C@@H](Cc3c[nH]c4ccccc34)C(=O)N[C@@H](CCC(N)=O)C(=O)N2)C(=O)N[C@@H](Cc2ccc3ccccc3c2)C(=O)N[C@@](C)(CCCCN)C(=O)N[C@H](C(=O)N[C@@H](CC(N)=O)C(=O)NCC(N)=O)C(C)C)cc1. The number of methoxy groups -OCH3 is 1. The Labute approximate surface area is 650 Å². The van der Waals surface area contributed by atoms with Crippen LogP contribution in [-0.2, 0) is 96.0 Å². The van der Waals surface area contributed by atoms with Gasteiger partial charge in [0.1, 0.15) is 71.7 Å². The first-order valence-corrected chi connectivity index (χ1v) is 37.6. The second kappa shape index (κ2) is 43.0. The predicted molar refractivity (Wildman–Crippen MR) is 412 cm³/mol. The van der Waals surface area contributed by atoms with E-state index in [4.69, 9.17) is 33.4 Å². The number of unbranched alkanes of at least 4 members (excludes halogenated alkanes) is 1. The molecule has 2 heterocycles. The van der Waals surface area contributed by atoms with E-state index in [0.717, 1.165) is 36.4 Å². The lowest BCUT2D eigenvalue weighted by molar-refractivity contribution is -0.139. The van der Waals surface area contributed by atoms with E-state index >= 15 is 19.2 Å². The average molecular weight is 1580 g/mol. The highest BCUT2D eigenvalue weighted by Crippen LogP contribution is 2.24. The van der Waals surface area contributed by atoms with Crippen LogP contribution in [0, 0.1) is 5.92 Å². The molecule has 0 radical (unpaired) electrons. The average Bonchev–Trinajstić information content (AvgIpc) is 1.60. The first-order chi connectivity index (χ1) is 53.1. The Balaban J connectivity index is 1.44. The molecule has 0 spiro atoms. The van der Waals surface area contributed by atoms with Gasteiger partial charge in [0.2, 0.25) is 94.5 Å². The molecule has 37 heteroatoms. The monoisotopic (exact) mass is 1570 g/mol. The number of ether oxygens (including phenoxy) is 1. The highest BCUT2D eigenvalue weighted by Gasteiger charge is 2.42. The number of aromatic nitrogens is 1. The fourth-order valence-corrected chi connectivity index (χ4v) is 13.3. The van der Waals surface area contributed by atoms with Gasteiger partial charge in [0.15, 0.2) is 0 Å². The number of hydrogen-bond acceptors (Lipinski definition) is 20. The summed E-state index contributed by atoms with van der Waals surface area (Å²) < 4.78 is 5.41. The Hall–Kier alpha value is -11.7. The number of H-pyrrole nitrogens is 1. The molecule has 1 aliphatic heterocycles. The van der Waals surface area contributed by atoms with Crippen molar-refractivity contribution in [1.82, 2.24) is 68.8 Å². The summed E-state index contributed by atoms with van der Waals surface area (Å²) in [5.74, 6) is -16.6. The zero-order valence-corrected chi connectivity index (χ0v) is 64.0. The van der Waals surface area contributed by atoms with Crippen LogP contribution in [0.4, 0.5) is 0 Å².